The molecule has 1 aliphatic heterocycles. The van der Waals surface area contributed by atoms with Crippen molar-refractivity contribution < 1.29 is 10.2 Å². The van der Waals surface area contributed by atoms with Crippen molar-refractivity contribution in [2.75, 3.05) is 13.2 Å². The van der Waals surface area contributed by atoms with Crippen molar-refractivity contribution in [3.05, 3.63) is 35.7 Å². The summed E-state index contributed by atoms with van der Waals surface area (Å²) in [5.41, 5.74) is 2.24. The van der Waals surface area contributed by atoms with E-state index in [1.165, 1.54) is 0 Å². The van der Waals surface area contributed by atoms with Gasteiger partial charge in [-0.25, -0.2) is 0 Å². The Morgan fingerprint density at radius 1 is 1.57 bits per heavy atom. The van der Waals surface area contributed by atoms with Crippen molar-refractivity contribution in [2.24, 2.45) is 0 Å². The third kappa shape index (κ3) is 2.72. The number of aliphatic hydroxyl groups is 2. The quantitative estimate of drug-likeness (QED) is 0.706. The van der Waals surface area contributed by atoms with Gasteiger partial charge >= 0.3 is 0 Å². The first-order valence-corrected chi connectivity index (χ1v) is 4.75. The van der Waals surface area contributed by atoms with Crippen LogP contribution < -0.4 is 0 Å². The molecule has 0 bridgehead atoms. The summed E-state index contributed by atoms with van der Waals surface area (Å²) >= 11 is 0. The van der Waals surface area contributed by atoms with Crippen LogP contribution >= 0.6 is 0 Å². The molecule has 1 unspecified atom stereocenters. The summed E-state index contributed by atoms with van der Waals surface area (Å²) in [6, 6.07) is 0. The molecule has 1 aliphatic rings. The zero-order chi connectivity index (χ0) is 10.6. The Bertz CT molecular complexity index is 279. The van der Waals surface area contributed by atoms with E-state index in [0.29, 0.717) is 6.54 Å². The summed E-state index contributed by atoms with van der Waals surface area (Å²) in [6.07, 6.45) is 7.29. The maximum absolute atomic E-state index is 9.28. The summed E-state index contributed by atoms with van der Waals surface area (Å²) in [4.78, 5) is 1.92. The Balaban J connectivity index is 2.63. The van der Waals surface area contributed by atoms with Crippen LogP contribution in [-0.4, -0.2) is 34.4 Å². The second-order valence-electron chi connectivity index (χ2n) is 3.38. The minimum atomic E-state index is -0.685. The number of nitrogens with zero attached hydrogens (tertiary/aromatic N) is 1. The average Bonchev–Trinajstić information content (AvgIpc) is 2.20. The normalized spacial score (nSPS) is 21.3. The van der Waals surface area contributed by atoms with Gasteiger partial charge in [0.15, 0.2) is 0 Å². The van der Waals surface area contributed by atoms with Crippen LogP contribution in [-0.2, 0) is 0 Å². The second-order valence-corrected chi connectivity index (χ2v) is 3.38. The van der Waals surface area contributed by atoms with E-state index in [1.807, 2.05) is 43.2 Å². The average molecular weight is 195 g/mol. The summed E-state index contributed by atoms with van der Waals surface area (Å²) in [5.74, 6) is 0. The minimum Gasteiger partial charge on any atom is -0.394 e. The monoisotopic (exact) mass is 195 g/mol. The lowest BCUT2D eigenvalue weighted by molar-refractivity contribution is 0.0780. The number of hydrogen-bond acceptors (Lipinski definition) is 3. The lowest BCUT2D eigenvalue weighted by Crippen LogP contribution is -2.30. The maximum atomic E-state index is 9.28. The van der Waals surface area contributed by atoms with Gasteiger partial charge in [0.25, 0.3) is 0 Å². The van der Waals surface area contributed by atoms with Gasteiger partial charge in [0.2, 0.25) is 0 Å². The molecule has 78 valence electrons. The van der Waals surface area contributed by atoms with Gasteiger partial charge in [-0.1, -0.05) is 6.08 Å². The molecule has 0 aromatic carbocycles. The molecule has 14 heavy (non-hydrogen) atoms. The van der Waals surface area contributed by atoms with Crippen LogP contribution in [0.25, 0.3) is 0 Å². The number of rotatable bonds is 3. The van der Waals surface area contributed by atoms with Gasteiger partial charge in [0.1, 0.15) is 0 Å². The molecule has 2 N–H and O–H groups in total. The van der Waals surface area contributed by atoms with Gasteiger partial charge < -0.3 is 15.1 Å². The second kappa shape index (κ2) is 4.98. The van der Waals surface area contributed by atoms with E-state index in [-0.39, 0.29) is 6.61 Å². The standard InChI is InChI=1S/C11H17NO2/c1-3-10-4-5-12(9(2)6-10)7-11(14)8-13/h3-6,11,13-14H,7-8H2,1-2H3. The van der Waals surface area contributed by atoms with Crippen molar-refractivity contribution in [3.8, 4) is 0 Å². The van der Waals surface area contributed by atoms with Crippen LogP contribution in [0.2, 0.25) is 0 Å². The van der Waals surface area contributed by atoms with Gasteiger partial charge in [-0.15, -0.1) is 0 Å². The Labute approximate surface area is 84.7 Å². The van der Waals surface area contributed by atoms with E-state index in [4.69, 9.17) is 5.11 Å². The van der Waals surface area contributed by atoms with Crippen molar-refractivity contribution in [2.45, 2.75) is 20.0 Å². The molecule has 0 radical (unpaired) electrons. The molecule has 1 atom stereocenters. The zero-order valence-corrected chi connectivity index (χ0v) is 8.64. The lowest BCUT2D eigenvalue weighted by Gasteiger charge is -2.26. The summed E-state index contributed by atoms with van der Waals surface area (Å²) in [7, 11) is 0. The molecule has 0 amide bonds. The maximum Gasteiger partial charge on any atom is 0.0949 e. The highest BCUT2D eigenvalue weighted by atomic mass is 16.3. The topological polar surface area (TPSA) is 43.7 Å². The number of β-amino-alcohol motifs (C(OH)–C–C–N with tert-alkyl or cyclic N) is 1. The van der Waals surface area contributed by atoms with Gasteiger partial charge in [0, 0.05) is 11.9 Å². The number of allylic oxidation sites excluding steroid dienone is 5. The Hall–Kier alpha value is -1.06. The van der Waals surface area contributed by atoms with E-state index in [0.717, 1.165) is 11.3 Å². The van der Waals surface area contributed by atoms with Crippen LogP contribution in [0.15, 0.2) is 35.7 Å². The SMILES string of the molecule is CC=C1C=CN(CC(O)CO)C(C)=C1. The van der Waals surface area contributed by atoms with Crippen molar-refractivity contribution in [3.63, 3.8) is 0 Å². The largest absolute Gasteiger partial charge is 0.394 e. The molecule has 3 nitrogen and oxygen atoms in total. The van der Waals surface area contributed by atoms with Crippen LogP contribution in [0.1, 0.15) is 13.8 Å². The first-order chi connectivity index (χ1) is 6.67. The smallest absolute Gasteiger partial charge is 0.0949 e. The minimum absolute atomic E-state index is 0.200. The predicted octanol–water partition coefficient (Wildman–Crippen LogP) is 1.02. The Kier molecular flexibility index (Phi) is 3.92. The molecule has 0 aromatic rings. The van der Waals surface area contributed by atoms with Crippen LogP contribution in [0.3, 0.4) is 0 Å². The molecule has 1 rings (SSSR count). The third-order valence-electron chi connectivity index (χ3n) is 2.23. The number of hydrogen-bond donors (Lipinski definition) is 2. The molecule has 0 saturated heterocycles. The molecule has 1 heterocycles. The van der Waals surface area contributed by atoms with Gasteiger partial charge in [-0.05, 0) is 31.6 Å². The fraction of sp³-hybridized carbons (Fsp3) is 0.455. The molecule has 3 heteroatoms. The van der Waals surface area contributed by atoms with Crippen molar-refractivity contribution in [1.82, 2.24) is 4.90 Å². The molecular formula is C11H17NO2. The third-order valence-corrected chi connectivity index (χ3v) is 2.23. The van der Waals surface area contributed by atoms with Crippen molar-refractivity contribution >= 4 is 0 Å². The highest BCUT2D eigenvalue weighted by Crippen LogP contribution is 2.16. The molecule has 0 aliphatic carbocycles. The summed E-state index contributed by atoms with van der Waals surface area (Å²) in [6.45, 7) is 4.21. The van der Waals surface area contributed by atoms with Crippen LogP contribution in [0.4, 0.5) is 0 Å². The van der Waals surface area contributed by atoms with Gasteiger partial charge in [-0.2, -0.15) is 0 Å². The Morgan fingerprint density at radius 2 is 2.29 bits per heavy atom. The zero-order valence-electron chi connectivity index (χ0n) is 8.64. The Morgan fingerprint density at radius 3 is 2.79 bits per heavy atom. The molecular weight excluding hydrogens is 178 g/mol. The van der Waals surface area contributed by atoms with Gasteiger partial charge in [-0.3, -0.25) is 0 Å². The predicted molar refractivity (Wildman–Crippen MR) is 56.5 cm³/mol. The fourth-order valence-corrected chi connectivity index (χ4v) is 1.34. The van der Waals surface area contributed by atoms with Crippen LogP contribution in [0, 0.1) is 0 Å². The van der Waals surface area contributed by atoms with E-state index in [2.05, 4.69) is 0 Å². The van der Waals surface area contributed by atoms with Crippen molar-refractivity contribution in [1.29, 1.82) is 0 Å². The van der Waals surface area contributed by atoms with E-state index < -0.39 is 6.10 Å². The molecule has 0 saturated carbocycles. The first kappa shape index (κ1) is 11.0. The summed E-state index contributed by atoms with van der Waals surface area (Å²) < 4.78 is 0. The highest BCUT2D eigenvalue weighted by molar-refractivity contribution is 5.36. The molecule has 0 fully saturated rings. The van der Waals surface area contributed by atoms with Crippen LogP contribution in [0.5, 0.6) is 0 Å². The fourth-order valence-electron chi connectivity index (χ4n) is 1.34. The van der Waals surface area contributed by atoms with E-state index >= 15 is 0 Å². The highest BCUT2D eigenvalue weighted by Gasteiger charge is 2.11. The van der Waals surface area contributed by atoms with E-state index in [9.17, 15) is 5.11 Å². The first-order valence-electron chi connectivity index (χ1n) is 4.75. The number of aliphatic hydroxyl groups excluding tert-OH is 2. The summed E-state index contributed by atoms with van der Waals surface area (Å²) in [5, 5.41) is 18.0. The molecule has 0 aromatic heterocycles. The molecule has 0 spiro atoms. The van der Waals surface area contributed by atoms with Gasteiger partial charge in [0.05, 0.1) is 19.3 Å². The lowest BCUT2D eigenvalue weighted by atomic mass is 10.1. The van der Waals surface area contributed by atoms with E-state index in [1.54, 1.807) is 0 Å².